The molecule has 3 aromatic rings. The zero-order valence-electron chi connectivity index (χ0n) is 17.2. The van der Waals surface area contributed by atoms with Crippen molar-refractivity contribution in [1.82, 2.24) is 15.1 Å². The van der Waals surface area contributed by atoms with Gasteiger partial charge in [-0.3, -0.25) is 9.89 Å². The summed E-state index contributed by atoms with van der Waals surface area (Å²) < 4.78 is 11.0. The molecule has 0 aliphatic carbocycles. The monoisotopic (exact) mass is 405 g/mol. The average molecular weight is 405 g/mol. The second-order valence-corrected chi connectivity index (χ2v) is 7.58. The zero-order chi connectivity index (χ0) is 20.8. The summed E-state index contributed by atoms with van der Waals surface area (Å²) in [6, 6.07) is 19.6. The summed E-state index contributed by atoms with van der Waals surface area (Å²) in [4.78, 5) is 14.5. The second kappa shape index (κ2) is 9.48. The van der Waals surface area contributed by atoms with Gasteiger partial charge in [0.05, 0.1) is 25.8 Å². The first-order valence-corrected chi connectivity index (χ1v) is 10.3. The van der Waals surface area contributed by atoms with Crippen LogP contribution < -0.4 is 9.47 Å². The Labute approximate surface area is 176 Å². The number of ether oxygens (including phenoxy) is 2. The number of hydrogen-bond acceptors (Lipinski definition) is 4. The number of benzene rings is 2. The van der Waals surface area contributed by atoms with Gasteiger partial charge in [-0.2, -0.15) is 5.10 Å². The number of hydrogen-bond donors (Lipinski definition) is 1. The van der Waals surface area contributed by atoms with Gasteiger partial charge in [-0.05, 0) is 30.2 Å². The smallest absolute Gasteiger partial charge is 0.227 e. The summed E-state index contributed by atoms with van der Waals surface area (Å²) in [6.45, 7) is 2.08. The van der Waals surface area contributed by atoms with E-state index in [9.17, 15) is 4.79 Å². The lowest BCUT2D eigenvalue weighted by atomic mass is 10.0. The number of rotatable bonds is 8. The quantitative estimate of drug-likeness (QED) is 0.622. The molecule has 2 aromatic carbocycles. The molecule has 1 fully saturated rings. The van der Waals surface area contributed by atoms with Crippen molar-refractivity contribution in [2.45, 2.75) is 25.2 Å². The van der Waals surface area contributed by atoms with E-state index in [1.807, 2.05) is 59.5 Å². The second-order valence-electron chi connectivity index (χ2n) is 7.58. The van der Waals surface area contributed by atoms with Crippen LogP contribution in [-0.4, -0.2) is 47.8 Å². The Kier molecular flexibility index (Phi) is 6.32. The Morgan fingerprint density at radius 1 is 1.13 bits per heavy atom. The molecule has 156 valence electrons. The maximum Gasteiger partial charge on any atom is 0.227 e. The van der Waals surface area contributed by atoms with E-state index in [0.717, 1.165) is 54.4 Å². The number of nitrogens with one attached hydrogen (secondary N) is 1. The first kappa shape index (κ1) is 20.0. The molecular formula is C24H27N3O3. The van der Waals surface area contributed by atoms with E-state index in [1.165, 1.54) is 0 Å². The molecule has 1 N–H and O–H groups in total. The van der Waals surface area contributed by atoms with Gasteiger partial charge in [-0.25, -0.2) is 0 Å². The van der Waals surface area contributed by atoms with Gasteiger partial charge in [-0.15, -0.1) is 0 Å². The minimum atomic E-state index is 0.186. The number of aromatic amines is 1. The predicted molar refractivity (Wildman–Crippen MR) is 115 cm³/mol. The van der Waals surface area contributed by atoms with Crippen LogP contribution in [0, 0.1) is 0 Å². The van der Waals surface area contributed by atoms with Gasteiger partial charge in [0.15, 0.2) is 0 Å². The third kappa shape index (κ3) is 5.00. The highest BCUT2D eigenvalue weighted by Gasteiger charge is 2.28. The molecule has 1 aliphatic heterocycles. The molecule has 30 heavy (non-hydrogen) atoms. The number of aromatic nitrogens is 2. The number of methoxy groups -OCH3 is 1. The van der Waals surface area contributed by atoms with Crippen LogP contribution in [0.4, 0.5) is 0 Å². The molecule has 0 saturated carbocycles. The molecular weight excluding hydrogens is 378 g/mol. The van der Waals surface area contributed by atoms with E-state index in [0.29, 0.717) is 13.0 Å². The first-order valence-electron chi connectivity index (χ1n) is 10.3. The van der Waals surface area contributed by atoms with Crippen LogP contribution in [-0.2, 0) is 17.6 Å². The van der Waals surface area contributed by atoms with Gasteiger partial charge in [0.25, 0.3) is 0 Å². The van der Waals surface area contributed by atoms with E-state index in [2.05, 4.69) is 16.3 Å². The van der Waals surface area contributed by atoms with Gasteiger partial charge in [0.2, 0.25) is 5.91 Å². The molecule has 6 heteroatoms. The third-order valence-corrected chi connectivity index (χ3v) is 5.49. The fourth-order valence-corrected chi connectivity index (χ4v) is 3.80. The van der Waals surface area contributed by atoms with Gasteiger partial charge >= 0.3 is 0 Å². The number of nitrogens with zero attached hydrogens (tertiary/aromatic N) is 2. The van der Waals surface area contributed by atoms with E-state index in [-0.39, 0.29) is 11.8 Å². The van der Waals surface area contributed by atoms with Crippen molar-refractivity contribution in [2.24, 2.45) is 0 Å². The molecule has 0 bridgehead atoms. The maximum atomic E-state index is 12.6. The van der Waals surface area contributed by atoms with Gasteiger partial charge in [0, 0.05) is 37.2 Å². The van der Waals surface area contributed by atoms with Crippen LogP contribution in [0.5, 0.6) is 11.5 Å². The van der Waals surface area contributed by atoms with Gasteiger partial charge in [-0.1, -0.05) is 36.4 Å². The molecule has 1 saturated heterocycles. The van der Waals surface area contributed by atoms with Crippen molar-refractivity contribution in [3.63, 3.8) is 0 Å². The summed E-state index contributed by atoms with van der Waals surface area (Å²) in [5.74, 6) is 2.04. The van der Waals surface area contributed by atoms with Crippen molar-refractivity contribution in [1.29, 1.82) is 0 Å². The van der Waals surface area contributed by atoms with Crippen LogP contribution in [0.1, 0.15) is 29.3 Å². The molecule has 2 heterocycles. The van der Waals surface area contributed by atoms with Crippen LogP contribution in [0.2, 0.25) is 0 Å². The molecule has 1 atom stereocenters. The normalized spacial score (nSPS) is 15.9. The van der Waals surface area contributed by atoms with Crippen molar-refractivity contribution >= 4 is 5.91 Å². The lowest BCUT2D eigenvalue weighted by molar-refractivity contribution is -0.129. The highest BCUT2D eigenvalue weighted by molar-refractivity contribution is 5.79. The van der Waals surface area contributed by atoms with Gasteiger partial charge in [0.1, 0.15) is 11.5 Å². The zero-order valence-corrected chi connectivity index (χ0v) is 17.2. The van der Waals surface area contributed by atoms with Gasteiger partial charge < -0.3 is 14.4 Å². The number of carbonyl (C=O) groups excluding carboxylic acids is 1. The Balaban J connectivity index is 1.26. The lowest BCUT2D eigenvalue weighted by Crippen LogP contribution is -2.29. The number of amides is 1. The molecule has 1 aromatic heterocycles. The topological polar surface area (TPSA) is 67.5 Å². The van der Waals surface area contributed by atoms with E-state index < -0.39 is 0 Å². The highest BCUT2D eigenvalue weighted by Crippen LogP contribution is 2.27. The minimum absolute atomic E-state index is 0.186. The van der Waals surface area contributed by atoms with Crippen molar-refractivity contribution in [2.75, 3.05) is 26.8 Å². The van der Waals surface area contributed by atoms with E-state index >= 15 is 0 Å². The summed E-state index contributed by atoms with van der Waals surface area (Å²) >= 11 is 0. The van der Waals surface area contributed by atoms with Crippen LogP contribution >= 0.6 is 0 Å². The predicted octanol–water partition coefficient (Wildman–Crippen LogP) is 3.60. The number of carbonyl (C=O) groups is 1. The summed E-state index contributed by atoms with van der Waals surface area (Å²) in [6.07, 6.45) is 2.15. The first-order chi connectivity index (χ1) is 14.7. The fourth-order valence-electron chi connectivity index (χ4n) is 3.80. The van der Waals surface area contributed by atoms with Crippen LogP contribution in [0.3, 0.4) is 0 Å². The number of likely N-dealkylation sites (tertiary alicyclic amines) is 1. The molecule has 4 rings (SSSR count). The van der Waals surface area contributed by atoms with Crippen LogP contribution in [0.25, 0.3) is 0 Å². The molecule has 0 radical (unpaired) electrons. The SMILES string of the molecule is COc1cccc(OCCc2cc([C@H]3CCN(C(=O)Cc4ccccc4)C3)n[nH]2)c1. The third-order valence-electron chi connectivity index (χ3n) is 5.49. The Morgan fingerprint density at radius 2 is 1.97 bits per heavy atom. The van der Waals surface area contributed by atoms with Crippen molar-refractivity contribution < 1.29 is 14.3 Å². The van der Waals surface area contributed by atoms with Crippen LogP contribution in [0.15, 0.2) is 60.7 Å². The van der Waals surface area contributed by atoms with E-state index in [4.69, 9.17) is 9.47 Å². The largest absolute Gasteiger partial charge is 0.497 e. The van der Waals surface area contributed by atoms with Crippen molar-refractivity contribution in [3.8, 4) is 11.5 Å². The molecule has 0 spiro atoms. The Bertz CT molecular complexity index is 971. The molecule has 0 unspecified atom stereocenters. The Hall–Kier alpha value is -3.28. The molecule has 1 aliphatic rings. The standard InChI is InChI=1S/C24H27N3O3/c1-29-21-8-5-9-22(16-21)30-13-11-20-15-23(26-25-20)19-10-12-27(17-19)24(28)14-18-6-3-2-4-7-18/h2-9,15-16,19H,10-14,17H2,1H3,(H,25,26)/t19-/m0/s1. The molecule has 6 nitrogen and oxygen atoms in total. The average Bonchev–Trinajstić information content (AvgIpc) is 3.44. The maximum absolute atomic E-state index is 12.6. The fraction of sp³-hybridized carbons (Fsp3) is 0.333. The summed E-state index contributed by atoms with van der Waals surface area (Å²) in [5.41, 5.74) is 3.13. The highest BCUT2D eigenvalue weighted by atomic mass is 16.5. The Morgan fingerprint density at radius 3 is 2.80 bits per heavy atom. The molecule has 1 amide bonds. The minimum Gasteiger partial charge on any atom is -0.497 e. The summed E-state index contributed by atoms with van der Waals surface area (Å²) in [7, 11) is 1.64. The summed E-state index contributed by atoms with van der Waals surface area (Å²) in [5, 5.41) is 7.61. The van der Waals surface area contributed by atoms with E-state index in [1.54, 1.807) is 7.11 Å². The number of H-pyrrole nitrogens is 1. The van der Waals surface area contributed by atoms with Crippen molar-refractivity contribution in [3.05, 3.63) is 77.6 Å². The lowest BCUT2D eigenvalue weighted by Gasteiger charge is -2.16.